The molecule has 2 aliphatic rings. The van der Waals surface area contributed by atoms with Gasteiger partial charge in [0.25, 0.3) is 0 Å². The highest BCUT2D eigenvalue weighted by atomic mass is 16.5. The summed E-state index contributed by atoms with van der Waals surface area (Å²) in [5.74, 6) is 1.10. The highest BCUT2D eigenvalue weighted by Crippen LogP contribution is 2.34. The van der Waals surface area contributed by atoms with Gasteiger partial charge < -0.3 is 14.5 Å². The molecule has 2 aromatic rings. The van der Waals surface area contributed by atoms with Crippen molar-refractivity contribution in [2.24, 2.45) is 11.8 Å². The number of carbonyl (C=O) groups excluding carboxylic acids is 1. The summed E-state index contributed by atoms with van der Waals surface area (Å²) in [4.78, 5) is 19.5. The summed E-state index contributed by atoms with van der Waals surface area (Å²) in [6, 6.07) is 9.64. The number of rotatable bonds is 5. The number of hydrogen-bond donors (Lipinski definition) is 1. The Morgan fingerprint density at radius 1 is 1.28 bits per heavy atom. The SMILES string of the molecule is O=C(NCc1ccco1)[C@@H]1CN(Cc2ccccn2)C[C@H]2OCC[C@H]21. The van der Waals surface area contributed by atoms with E-state index in [1.54, 1.807) is 6.26 Å². The third kappa shape index (κ3) is 3.75. The second kappa shape index (κ2) is 7.37. The Kier molecular flexibility index (Phi) is 4.81. The second-order valence-electron chi connectivity index (χ2n) is 6.78. The van der Waals surface area contributed by atoms with Crippen molar-refractivity contribution in [2.45, 2.75) is 25.6 Å². The van der Waals surface area contributed by atoms with E-state index >= 15 is 0 Å². The number of carbonyl (C=O) groups is 1. The minimum absolute atomic E-state index is 0.0556. The average Bonchev–Trinajstić information content (AvgIpc) is 3.31. The van der Waals surface area contributed by atoms with Crippen LogP contribution in [0.1, 0.15) is 17.9 Å². The van der Waals surface area contributed by atoms with Crippen molar-refractivity contribution in [3.05, 3.63) is 54.2 Å². The number of hydrogen-bond acceptors (Lipinski definition) is 5. The quantitative estimate of drug-likeness (QED) is 0.899. The Hall–Kier alpha value is -2.18. The molecule has 4 heterocycles. The Labute approximate surface area is 147 Å². The molecule has 6 heteroatoms. The molecule has 3 atom stereocenters. The van der Waals surface area contributed by atoms with Gasteiger partial charge in [-0.2, -0.15) is 0 Å². The van der Waals surface area contributed by atoms with E-state index in [9.17, 15) is 4.79 Å². The Bertz CT molecular complexity index is 689. The van der Waals surface area contributed by atoms with Crippen LogP contribution in [0.2, 0.25) is 0 Å². The molecule has 132 valence electrons. The van der Waals surface area contributed by atoms with E-state index in [1.807, 2.05) is 36.5 Å². The zero-order valence-corrected chi connectivity index (χ0v) is 14.1. The van der Waals surface area contributed by atoms with Crippen molar-refractivity contribution in [1.82, 2.24) is 15.2 Å². The largest absolute Gasteiger partial charge is 0.467 e. The summed E-state index contributed by atoms with van der Waals surface area (Å²) in [6.45, 7) is 3.53. The summed E-state index contributed by atoms with van der Waals surface area (Å²) < 4.78 is 11.2. The lowest BCUT2D eigenvalue weighted by Gasteiger charge is -2.39. The first-order valence-electron chi connectivity index (χ1n) is 8.83. The minimum Gasteiger partial charge on any atom is -0.467 e. The summed E-state index contributed by atoms with van der Waals surface area (Å²) in [5, 5.41) is 3.02. The average molecular weight is 341 g/mol. The summed E-state index contributed by atoms with van der Waals surface area (Å²) in [6.07, 6.45) is 4.53. The fourth-order valence-corrected chi connectivity index (χ4v) is 3.90. The molecule has 0 radical (unpaired) electrons. The van der Waals surface area contributed by atoms with Crippen LogP contribution in [0.5, 0.6) is 0 Å². The smallest absolute Gasteiger partial charge is 0.225 e. The van der Waals surface area contributed by atoms with Crippen LogP contribution in [0.4, 0.5) is 0 Å². The zero-order chi connectivity index (χ0) is 17.1. The van der Waals surface area contributed by atoms with Crippen LogP contribution in [-0.4, -0.2) is 41.6 Å². The molecule has 1 N–H and O–H groups in total. The molecule has 0 unspecified atom stereocenters. The maximum Gasteiger partial charge on any atom is 0.225 e. The van der Waals surface area contributed by atoms with Gasteiger partial charge in [-0.15, -0.1) is 0 Å². The lowest BCUT2D eigenvalue weighted by molar-refractivity contribution is -0.131. The molecule has 6 nitrogen and oxygen atoms in total. The number of furan rings is 1. The van der Waals surface area contributed by atoms with Crippen LogP contribution in [-0.2, 0) is 22.6 Å². The summed E-state index contributed by atoms with van der Waals surface area (Å²) in [7, 11) is 0. The van der Waals surface area contributed by atoms with Gasteiger partial charge in [0.1, 0.15) is 5.76 Å². The van der Waals surface area contributed by atoms with E-state index in [4.69, 9.17) is 9.15 Å². The first-order valence-corrected chi connectivity index (χ1v) is 8.83. The van der Waals surface area contributed by atoms with Gasteiger partial charge in [0.2, 0.25) is 5.91 Å². The number of likely N-dealkylation sites (tertiary alicyclic amines) is 1. The number of nitrogens with one attached hydrogen (secondary N) is 1. The maximum atomic E-state index is 12.8. The van der Waals surface area contributed by atoms with E-state index in [2.05, 4.69) is 15.2 Å². The topological polar surface area (TPSA) is 67.6 Å². The number of aromatic nitrogens is 1. The van der Waals surface area contributed by atoms with Crippen molar-refractivity contribution in [3.8, 4) is 0 Å². The summed E-state index contributed by atoms with van der Waals surface area (Å²) in [5.41, 5.74) is 1.02. The molecule has 1 amide bonds. The molecule has 0 bridgehead atoms. The third-order valence-electron chi connectivity index (χ3n) is 5.14. The third-order valence-corrected chi connectivity index (χ3v) is 5.14. The summed E-state index contributed by atoms with van der Waals surface area (Å²) >= 11 is 0. The molecule has 2 saturated heterocycles. The van der Waals surface area contributed by atoms with Crippen molar-refractivity contribution in [3.63, 3.8) is 0 Å². The van der Waals surface area contributed by atoms with Gasteiger partial charge in [-0.05, 0) is 30.7 Å². The van der Waals surface area contributed by atoms with Crippen LogP contribution >= 0.6 is 0 Å². The van der Waals surface area contributed by atoms with Crippen LogP contribution in [0.3, 0.4) is 0 Å². The molecule has 0 spiro atoms. The zero-order valence-electron chi connectivity index (χ0n) is 14.1. The van der Waals surface area contributed by atoms with Crippen LogP contribution < -0.4 is 5.32 Å². The maximum absolute atomic E-state index is 12.8. The molecule has 0 saturated carbocycles. The van der Waals surface area contributed by atoms with Crippen LogP contribution in [0, 0.1) is 11.8 Å². The van der Waals surface area contributed by atoms with E-state index in [0.29, 0.717) is 12.5 Å². The fraction of sp³-hybridized carbons (Fsp3) is 0.474. The van der Waals surface area contributed by atoms with Gasteiger partial charge in [0.05, 0.1) is 30.5 Å². The lowest BCUT2D eigenvalue weighted by Crippen LogP contribution is -2.52. The molecule has 0 aromatic carbocycles. The fourth-order valence-electron chi connectivity index (χ4n) is 3.90. The molecule has 25 heavy (non-hydrogen) atoms. The molecule has 4 rings (SSSR count). The molecule has 2 fully saturated rings. The first kappa shape index (κ1) is 16.3. The molecule has 2 aromatic heterocycles. The predicted molar refractivity (Wildman–Crippen MR) is 91.4 cm³/mol. The lowest BCUT2D eigenvalue weighted by atomic mass is 9.82. The van der Waals surface area contributed by atoms with Crippen molar-refractivity contribution in [2.75, 3.05) is 19.7 Å². The first-order chi connectivity index (χ1) is 12.3. The number of pyridine rings is 1. The van der Waals surface area contributed by atoms with E-state index in [1.165, 1.54) is 0 Å². The predicted octanol–water partition coefficient (Wildman–Crippen LogP) is 1.83. The number of ether oxygens (including phenoxy) is 1. The number of fused-ring (bicyclic) bond motifs is 1. The van der Waals surface area contributed by atoms with E-state index in [-0.39, 0.29) is 17.9 Å². The minimum atomic E-state index is -0.0556. The standard InChI is InChI=1S/C19H23N3O3/c23-19(21-10-15-5-3-8-24-15)17-12-22(11-14-4-1-2-7-20-14)13-18-16(17)6-9-25-18/h1-5,7-8,16-18H,6,9-13H2,(H,21,23)/t16-,17+,18+/m0/s1. The molecule has 2 aliphatic heterocycles. The van der Waals surface area contributed by atoms with Crippen molar-refractivity contribution >= 4 is 5.91 Å². The van der Waals surface area contributed by atoms with Gasteiger partial charge in [0.15, 0.2) is 0 Å². The van der Waals surface area contributed by atoms with Crippen LogP contribution in [0.25, 0.3) is 0 Å². The van der Waals surface area contributed by atoms with Gasteiger partial charge in [-0.25, -0.2) is 0 Å². The number of amides is 1. The molecule has 0 aliphatic carbocycles. The second-order valence-corrected chi connectivity index (χ2v) is 6.78. The monoisotopic (exact) mass is 341 g/mol. The highest BCUT2D eigenvalue weighted by Gasteiger charge is 2.43. The van der Waals surface area contributed by atoms with Gasteiger partial charge in [-0.1, -0.05) is 6.07 Å². The molecular weight excluding hydrogens is 318 g/mol. The van der Waals surface area contributed by atoms with E-state index in [0.717, 1.165) is 44.1 Å². The number of piperidine rings is 1. The Morgan fingerprint density at radius 3 is 3.04 bits per heavy atom. The van der Waals surface area contributed by atoms with E-state index < -0.39 is 0 Å². The van der Waals surface area contributed by atoms with Gasteiger partial charge in [-0.3, -0.25) is 14.7 Å². The van der Waals surface area contributed by atoms with Gasteiger partial charge >= 0.3 is 0 Å². The Morgan fingerprint density at radius 2 is 2.24 bits per heavy atom. The van der Waals surface area contributed by atoms with Crippen molar-refractivity contribution in [1.29, 1.82) is 0 Å². The van der Waals surface area contributed by atoms with Crippen molar-refractivity contribution < 1.29 is 13.9 Å². The van der Waals surface area contributed by atoms with Crippen LogP contribution in [0.15, 0.2) is 47.2 Å². The number of nitrogens with zero attached hydrogens (tertiary/aromatic N) is 2. The Balaban J connectivity index is 1.42. The van der Waals surface area contributed by atoms with Gasteiger partial charge in [0, 0.05) is 38.4 Å². The normalized spacial score (nSPS) is 26.3. The molecular formula is C19H23N3O3. The highest BCUT2D eigenvalue weighted by molar-refractivity contribution is 5.79.